The molecule has 2 aromatic rings. The molecule has 0 aliphatic rings. The number of benzene rings is 2. The van der Waals surface area contributed by atoms with Crippen molar-refractivity contribution < 1.29 is 18.0 Å². The number of rotatable bonds is 13. The molecule has 9 heteroatoms. The number of hydrogen-bond donors (Lipinski definition) is 1. The maximum atomic E-state index is 13.3. The minimum Gasteiger partial charge on any atom is -0.354 e. The van der Waals surface area contributed by atoms with Gasteiger partial charge in [-0.1, -0.05) is 53.5 Å². The van der Waals surface area contributed by atoms with Crippen molar-refractivity contribution in [2.45, 2.75) is 59.0 Å². The summed E-state index contributed by atoms with van der Waals surface area (Å²) in [5.74, 6) is -0.389. The van der Waals surface area contributed by atoms with Crippen LogP contribution in [0.5, 0.6) is 0 Å². The second kappa shape index (κ2) is 13.6. The van der Waals surface area contributed by atoms with E-state index in [1.54, 1.807) is 17.9 Å². The van der Waals surface area contributed by atoms with Crippen LogP contribution in [0.1, 0.15) is 50.7 Å². The van der Waals surface area contributed by atoms with E-state index in [0.29, 0.717) is 18.7 Å². The fraction of sp³-hybridized carbons (Fsp3) is 0.462. The first kappa shape index (κ1) is 28.8. The lowest BCUT2D eigenvalue weighted by molar-refractivity contribution is -0.140. The monoisotopic (exact) mass is 565 g/mol. The lowest BCUT2D eigenvalue weighted by Crippen LogP contribution is -2.48. The SMILES string of the molecule is CCCCNC(=O)[C@H](C)N(Cc1cccc(Br)c1)C(=O)CCCN(c1cccc(C)c1)S(C)(=O)=O. The first-order valence-electron chi connectivity index (χ1n) is 11.9. The number of anilines is 1. The molecule has 0 radical (unpaired) electrons. The van der Waals surface area contributed by atoms with E-state index in [2.05, 4.69) is 28.2 Å². The molecular formula is C26H36BrN3O4S. The van der Waals surface area contributed by atoms with E-state index < -0.39 is 16.1 Å². The number of amides is 2. The molecule has 0 saturated carbocycles. The van der Waals surface area contributed by atoms with Crippen molar-refractivity contribution in [2.75, 3.05) is 23.7 Å². The number of nitrogens with one attached hydrogen (secondary N) is 1. The van der Waals surface area contributed by atoms with Crippen molar-refractivity contribution in [3.05, 3.63) is 64.1 Å². The quantitative estimate of drug-likeness (QED) is 0.358. The molecule has 2 rings (SSSR count). The molecule has 0 aliphatic heterocycles. The minimum atomic E-state index is -3.51. The molecule has 0 spiro atoms. The highest BCUT2D eigenvalue weighted by molar-refractivity contribution is 9.10. The topological polar surface area (TPSA) is 86.8 Å². The summed E-state index contributed by atoms with van der Waals surface area (Å²) in [7, 11) is -3.51. The van der Waals surface area contributed by atoms with Gasteiger partial charge in [0.25, 0.3) is 0 Å². The first-order valence-corrected chi connectivity index (χ1v) is 14.5. The molecule has 2 aromatic carbocycles. The van der Waals surface area contributed by atoms with Crippen LogP contribution in [0.4, 0.5) is 5.69 Å². The van der Waals surface area contributed by atoms with Gasteiger partial charge in [0, 0.05) is 30.5 Å². The summed E-state index contributed by atoms with van der Waals surface area (Å²) in [6.45, 7) is 6.71. The smallest absolute Gasteiger partial charge is 0.242 e. The molecule has 0 aliphatic carbocycles. The lowest BCUT2D eigenvalue weighted by Gasteiger charge is -2.29. The number of aryl methyl sites for hydroxylation is 1. The van der Waals surface area contributed by atoms with Gasteiger partial charge in [0.2, 0.25) is 21.8 Å². The highest BCUT2D eigenvalue weighted by Gasteiger charge is 2.26. The zero-order valence-corrected chi connectivity index (χ0v) is 23.4. The Morgan fingerprint density at radius 3 is 2.43 bits per heavy atom. The van der Waals surface area contributed by atoms with E-state index in [-0.39, 0.29) is 31.3 Å². The maximum Gasteiger partial charge on any atom is 0.242 e. The van der Waals surface area contributed by atoms with Gasteiger partial charge in [0.1, 0.15) is 6.04 Å². The van der Waals surface area contributed by atoms with Gasteiger partial charge in [-0.2, -0.15) is 0 Å². The fourth-order valence-corrected chi connectivity index (χ4v) is 5.14. The molecule has 0 saturated heterocycles. The second-order valence-electron chi connectivity index (χ2n) is 8.75. The third-order valence-electron chi connectivity index (χ3n) is 5.68. The van der Waals surface area contributed by atoms with Gasteiger partial charge in [-0.25, -0.2) is 8.42 Å². The zero-order valence-electron chi connectivity index (χ0n) is 21.0. The summed E-state index contributed by atoms with van der Waals surface area (Å²) in [5, 5.41) is 2.91. The van der Waals surface area contributed by atoms with Crippen molar-refractivity contribution in [1.29, 1.82) is 0 Å². The van der Waals surface area contributed by atoms with E-state index >= 15 is 0 Å². The highest BCUT2D eigenvalue weighted by atomic mass is 79.9. The van der Waals surface area contributed by atoms with Crippen LogP contribution in [0.2, 0.25) is 0 Å². The molecule has 0 aromatic heterocycles. The zero-order chi connectivity index (χ0) is 26.0. The van der Waals surface area contributed by atoms with Crippen molar-refractivity contribution >= 4 is 43.5 Å². The van der Waals surface area contributed by atoms with Crippen LogP contribution in [-0.2, 0) is 26.2 Å². The molecule has 0 fully saturated rings. The Morgan fingerprint density at radius 1 is 1.09 bits per heavy atom. The summed E-state index contributed by atoms with van der Waals surface area (Å²) in [6.07, 6.45) is 3.46. The number of carbonyl (C=O) groups is 2. The standard InChI is InChI=1S/C26H36BrN3O4S/c1-5-6-15-28-26(32)21(3)29(19-22-11-8-12-23(27)18-22)25(31)14-9-16-30(35(4,33)34)24-13-7-10-20(2)17-24/h7-8,10-13,17-18,21H,5-6,9,14-16,19H2,1-4H3,(H,28,32)/t21-/m0/s1. The third-order valence-corrected chi connectivity index (χ3v) is 7.37. The molecule has 0 unspecified atom stereocenters. The van der Waals surface area contributed by atoms with Gasteiger partial charge in [-0.3, -0.25) is 13.9 Å². The van der Waals surface area contributed by atoms with Gasteiger partial charge in [0.15, 0.2) is 0 Å². The molecule has 0 heterocycles. The van der Waals surface area contributed by atoms with Crippen LogP contribution in [0.25, 0.3) is 0 Å². The summed E-state index contributed by atoms with van der Waals surface area (Å²) in [6, 6.07) is 14.2. The number of unbranched alkanes of at least 4 members (excludes halogenated alkanes) is 1. The number of carbonyl (C=O) groups excluding carboxylic acids is 2. The predicted octanol–water partition coefficient (Wildman–Crippen LogP) is 4.64. The van der Waals surface area contributed by atoms with Gasteiger partial charge >= 0.3 is 0 Å². The highest BCUT2D eigenvalue weighted by Crippen LogP contribution is 2.21. The second-order valence-corrected chi connectivity index (χ2v) is 11.6. The van der Waals surface area contributed by atoms with E-state index in [0.717, 1.165) is 28.4 Å². The first-order chi connectivity index (χ1) is 16.5. The summed E-state index contributed by atoms with van der Waals surface area (Å²) < 4.78 is 27.1. The molecule has 1 atom stereocenters. The maximum absolute atomic E-state index is 13.3. The van der Waals surface area contributed by atoms with E-state index in [1.807, 2.05) is 49.4 Å². The van der Waals surface area contributed by atoms with Crippen LogP contribution < -0.4 is 9.62 Å². The Kier molecular flexibility index (Phi) is 11.2. The Balaban J connectivity index is 2.14. The van der Waals surface area contributed by atoms with Crippen LogP contribution in [-0.4, -0.2) is 50.5 Å². The van der Waals surface area contributed by atoms with Gasteiger partial charge in [-0.05, 0) is 62.1 Å². The van der Waals surface area contributed by atoms with Crippen LogP contribution in [0.15, 0.2) is 53.0 Å². The molecule has 7 nitrogen and oxygen atoms in total. The molecular weight excluding hydrogens is 530 g/mol. The number of hydrogen-bond acceptors (Lipinski definition) is 4. The number of nitrogens with zero attached hydrogens (tertiary/aromatic N) is 2. The van der Waals surface area contributed by atoms with Crippen molar-refractivity contribution in [1.82, 2.24) is 10.2 Å². The minimum absolute atomic E-state index is 0.123. The summed E-state index contributed by atoms with van der Waals surface area (Å²) in [4.78, 5) is 27.6. The summed E-state index contributed by atoms with van der Waals surface area (Å²) in [5.41, 5.74) is 2.43. The van der Waals surface area contributed by atoms with Crippen molar-refractivity contribution in [2.24, 2.45) is 0 Å². The van der Waals surface area contributed by atoms with Crippen molar-refractivity contribution in [3.8, 4) is 0 Å². The van der Waals surface area contributed by atoms with Gasteiger partial charge < -0.3 is 10.2 Å². The number of halogens is 1. The fourth-order valence-electron chi connectivity index (χ4n) is 3.74. The molecule has 0 bridgehead atoms. The van der Waals surface area contributed by atoms with Gasteiger partial charge in [0.05, 0.1) is 11.9 Å². The average molecular weight is 567 g/mol. The van der Waals surface area contributed by atoms with Gasteiger partial charge in [-0.15, -0.1) is 0 Å². The van der Waals surface area contributed by atoms with E-state index in [9.17, 15) is 18.0 Å². The molecule has 35 heavy (non-hydrogen) atoms. The summed E-state index contributed by atoms with van der Waals surface area (Å²) >= 11 is 3.46. The van der Waals surface area contributed by atoms with Crippen LogP contribution in [0.3, 0.4) is 0 Å². The lowest BCUT2D eigenvalue weighted by atomic mass is 10.1. The predicted molar refractivity (Wildman–Crippen MR) is 145 cm³/mol. The average Bonchev–Trinajstić information content (AvgIpc) is 2.79. The Morgan fingerprint density at radius 2 is 1.80 bits per heavy atom. The normalized spacial score (nSPS) is 12.1. The molecule has 192 valence electrons. The van der Waals surface area contributed by atoms with Crippen LogP contribution in [0, 0.1) is 6.92 Å². The van der Waals surface area contributed by atoms with Crippen LogP contribution >= 0.6 is 15.9 Å². The van der Waals surface area contributed by atoms with E-state index in [4.69, 9.17) is 0 Å². The molecule has 2 amide bonds. The largest absolute Gasteiger partial charge is 0.354 e. The Hall–Kier alpha value is -2.39. The third kappa shape index (κ3) is 9.29. The van der Waals surface area contributed by atoms with E-state index in [1.165, 1.54) is 10.6 Å². The Bertz CT molecular complexity index is 1110. The van der Waals surface area contributed by atoms with Crippen molar-refractivity contribution in [3.63, 3.8) is 0 Å². The Labute approximate surface area is 218 Å². The number of sulfonamides is 1. The molecule has 1 N–H and O–H groups in total.